The first-order valence-electron chi connectivity index (χ1n) is 18.1. The Balaban J connectivity index is 0.000000321. The van der Waals surface area contributed by atoms with Gasteiger partial charge in [-0.15, -0.1) is 0 Å². The summed E-state index contributed by atoms with van der Waals surface area (Å²) in [4.78, 5) is 0. The van der Waals surface area contributed by atoms with E-state index < -0.39 is 14.5 Å². The zero-order chi connectivity index (χ0) is 45.4. The summed E-state index contributed by atoms with van der Waals surface area (Å²) in [5.41, 5.74) is 4.23. The van der Waals surface area contributed by atoms with Crippen LogP contribution in [0, 0.1) is 22.7 Å². The van der Waals surface area contributed by atoms with Crippen molar-refractivity contribution < 1.29 is 51.6 Å². The first kappa shape index (κ1) is 51.9. The number of aromatic nitrogens is 12. The van der Waals surface area contributed by atoms with Crippen LogP contribution in [0.15, 0.2) is 159 Å². The van der Waals surface area contributed by atoms with E-state index in [9.17, 15) is 34.5 Å². The SMILES string of the molecule is CC#N.CC#N.F[B-](F)(F)F.F[B-](F)(F)F.[Fe+2].c1ccc(Cn2ccc(C(n3cccn3)n3cccn3)n2)cc1.c1ccc(Cn2ccc(C(n3cccn3)n3cccn3)n2)cc1. The van der Waals surface area contributed by atoms with Gasteiger partial charge in [0.1, 0.15) is 11.4 Å². The molecule has 6 aromatic heterocycles. The van der Waals surface area contributed by atoms with Crippen LogP contribution in [-0.2, 0) is 30.2 Å². The molecular weight excluding hydrogens is 882 g/mol. The molecule has 0 saturated heterocycles. The fraction of sp³-hybridized carbons (Fsp3) is 0.158. The van der Waals surface area contributed by atoms with Crippen LogP contribution in [-0.4, -0.2) is 73.2 Å². The van der Waals surface area contributed by atoms with Crippen molar-refractivity contribution >= 4 is 14.5 Å². The Kier molecular flexibility index (Phi) is 22.1. The van der Waals surface area contributed by atoms with Gasteiger partial charge in [0.05, 0.1) is 25.2 Å². The normalized spacial score (nSPS) is 10.3. The number of hydrogen-bond donors (Lipinski definition) is 0. The van der Waals surface area contributed by atoms with Gasteiger partial charge in [0, 0.05) is 75.8 Å². The van der Waals surface area contributed by atoms with Crippen molar-refractivity contribution in [3.63, 3.8) is 0 Å². The summed E-state index contributed by atoms with van der Waals surface area (Å²) in [6.45, 7) is 4.34. The number of nitriles is 2. The molecule has 0 amide bonds. The van der Waals surface area contributed by atoms with E-state index in [0.717, 1.165) is 24.5 Å². The molecule has 0 aliphatic heterocycles. The zero-order valence-corrected chi connectivity index (χ0v) is 34.5. The van der Waals surface area contributed by atoms with Crippen LogP contribution in [0.25, 0.3) is 0 Å². The van der Waals surface area contributed by atoms with Crippen LogP contribution in [0.3, 0.4) is 0 Å². The second kappa shape index (κ2) is 26.9. The molecule has 63 heavy (non-hydrogen) atoms. The number of benzene rings is 2. The van der Waals surface area contributed by atoms with Gasteiger partial charge < -0.3 is 34.5 Å². The van der Waals surface area contributed by atoms with Gasteiger partial charge in [-0.2, -0.15) is 41.1 Å². The van der Waals surface area contributed by atoms with Crippen molar-refractivity contribution in [1.82, 2.24) is 58.7 Å². The van der Waals surface area contributed by atoms with E-state index in [1.165, 1.54) is 25.0 Å². The predicted molar refractivity (Wildman–Crippen MR) is 214 cm³/mol. The molecule has 0 bridgehead atoms. The molecular formula is C38H38B2F8FeN14. The minimum absolute atomic E-state index is 0. The van der Waals surface area contributed by atoms with E-state index in [1.54, 1.807) is 36.9 Å². The first-order chi connectivity index (χ1) is 29.6. The van der Waals surface area contributed by atoms with E-state index in [4.69, 9.17) is 20.7 Å². The number of nitrogens with zero attached hydrogens (tertiary/aromatic N) is 14. The van der Waals surface area contributed by atoms with Crippen molar-refractivity contribution in [3.8, 4) is 12.1 Å². The fourth-order valence-electron chi connectivity index (χ4n) is 5.23. The van der Waals surface area contributed by atoms with Crippen molar-refractivity contribution in [1.29, 1.82) is 10.5 Å². The molecule has 0 aliphatic carbocycles. The summed E-state index contributed by atoms with van der Waals surface area (Å²) >= 11 is 0. The van der Waals surface area contributed by atoms with Gasteiger partial charge in [0.2, 0.25) is 0 Å². The van der Waals surface area contributed by atoms with Crippen LogP contribution in [0.1, 0.15) is 48.7 Å². The van der Waals surface area contributed by atoms with Crippen LogP contribution in [0.5, 0.6) is 0 Å². The summed E-state index contributed by atoms with van der Waals surface area (Å²) in [5, 5.41) is 41.5. The third-order valence-corrected chi connectivity index (χ3v) is 7.33. The van der Waals surface area contributed by atoms with Crippen molar-refractivity contribution in [2.75, 3.05) is 0 Å². The maximum absolute atomic E-state index is 9.75. The fourth-order valence-corrected chi connectivity index (χ4v) is 5.23. The van der Waals surface area contributed by atoms with E-state index in [1.807, 2.05) is 138 Å². The van der Waals surface area contributed by atoms with E-state index in [-0.39, 0.29) is 29.4 Å². The van der Waals surface area contributed by atoms with Crippen molar-refractivity contribution in [2.45, 2.75) is 39.3 Å². The monoisotopic (exact) mass is 920 g/mol. The van der Waals surface area contributed by atoms with Crippen molar-refractivity contribution in [2.24, 2.45) is 0 Å². The Morgan fingerprint density at radius 2 is 0.714 bits per heavy atom. The number of halogens is 8. The van der Waals surface area contributed by atoms with Gasteiger partial charge in [-0.25, -0.2) is 18.7 Å². The van der Waals surface area contributed by atoms with E-state index >= 15 is 0 Å². The minimum atomic E-state index is -6.00. The van der Waals surface area contributed by atoms with Gasteiger partial charge in [-0.1, -0.05) is 60.7 Å². The maximum Gasteiger partial charge on any atom is 2.00 e. The summed E-state index contributed by atoms with van der Waals surface area (Å²) in [6, 6.07) is 35.7. The van der Waals surface area contributed by atoms with Crippen LogP contribution < -0.4 is 0 Å². The van der Waals surface area contributed by atoms with Gasteiger partial charge in [-0.05, 0) is 47.5 Å². The molecule has 25 heteroatoms. The minimum Gasteiger partial charge on any atom is -0.418 e. The quantitative estimate of drug-likeness (QED) is 0.0978. The van der Waals surface area contributed by atoms with E-state index in [0.29, 0.717) is 0 Å². The second-order valence-electron chi connectivity index (χ2n) is 12.0. The molecule has 14 nitrogen and oxygen atoms in total. The summed E-state index contributed by atoms with van der Waals surface area (Å²) in [6.07, 6.45) is 18.3. The molecule has 2 aromatic carbocycles. The van der Waals surface area contributed by atoms with E-state index in [2.05, 4.69) is 44.7 Å². The Bertz CT molecular complexity index is 2180. The van der Waals surface area contributed by atoms with Crippen molar-refractivity contribution in [3.05, 3.63) is 182 Å². The summed E-state index contributed by atoms with van der Waals surface area (Å²) < 4.78 is 89.3. The molecule has 0 unspecified atom stereocenters. The Morgan fingerprint density at radius 1 is 0.460 bits per heavy atom. The summed E-state index contributed by atoms with van der Waals surface area (Å²) in [7, 11) is -12.0. The Morgan fingerprint density at radius 3 is 0.937 bits per heavy atom. The number of hydrogen-bond acceptors (Lipinski definition) is 8. The van der Waals surface area contributed by atoms with Gasteiger partial charge in [0.25, 0.3) is 0 Å². The molecule has 6 heterocycles. The maximum atomic E-state index is 9.75. The van der Waals surface area contributed by atoms with Gasteiger partial charge in [0.15, 0.2) is 12.3 Å². The Hall–Kier alpha value is -7.23. The molecule has 0 fully saturated rings. The number of rotatable bonds is 10. The average Bonchev–Trinajstić information content (AvgIpc) is 4.06. The van der Waals surface area contributed by atoms with Gasteiger partial charge in [-0.3, -0.25) is 9.36 Å². The molecule has 0 aliphatic rings. The molecule has 0 N–H and O–H groups in total. The van der Waals surface area contributed by atoms with Crippen LogP contribution in [0.4, 0.5) is 34.5 Å². The zero-order valence-electron chi connectivity index (χ0n) is 33.4. The predicted octanol–water partition coefficient (Wildman–Crippen LogP) is 8.50. The third kappa shape index (κ3) is 20.3. The molecule has 0 spiro atoms. The molecule has 8 aromatic rings. The standard InChI is InChI=1S/2C17H16N6.2C2H3N.2BF4.Fe/c2*1-2-6-15(7-3-1)14-21-13-8-16(20-21)17(22-11-4-9-18-22)23-12-5-10-19-23;2*1-2-3;2*2-1(3,4)5;/h2*1-13,17H,14H2;2*1H3;;;/q;;;;2*-1;+2. The van der Waals surface area contributed by atoms with Gasteiger partial charge >= 0.3 is 31.6 Å². The Labute approximate surface area is 367 Å². The third-order valence-electron chi connectivity index (χ3n) is 7.33. The molecule has 0 atom stereocenters. The second-order valence-corrected chi connectivity index (χ2v) is 12.0. The van der Waals surface area contributed by atoms with Crippen LogP contribution >= 0.6 is 0 Å². The first-order valence-corrected chi connectivity index (χ1v) is 18.1. The summed E-state index contributed by atoms with van der Waals surface area (Å²) in [5.74, 6) is 0. The molecule has 0 saturated carbocycles. The molecule has 8 rings (SSSR count). The molecule has 330 valence electrons. The average molecular weight is 920 g/mol. The topological polar surface area (TPSA) is 154 Å². The smallest absolute Gasteiger partial charge is 0.418 e. The largest absolute Gasteiger partial charge is 2.00 e. The molecule has 0 radical (unpaired) electrons. The van der Waals surface area contributed by atoms with Crippen LogP contribution in [0.2, 0.25) is 0 Å².